The van der Waals surface area contributed by atoms with Crippen LogP contribution < -0.4 is 15.7 Å². The number of benzene rings is 2. The smallest absolute Gasteiger partial charge is 0.336 e. The molecule has 8 heteroatoms. The third-order valence-electron chi connectivity index (χ3n) is 4.09. The number of nitrogens with zero attached hydrogens (tertiary/aromatic N) is 2. The van der Waals surface area contributed by atoms with Crippen molar-refractivity contribution in [3.63, 3.8) is 0 Å². The first-order chi connectivity index (χ1) is 14.1. The molecular formula is C21H17N3O4S. The Morgan fingerprint density at radius 2 is 1.97 bits per heavy atom. The van der Waals surface area contributed by atoms with Crippen molar-refractivity contribution < 1.29 is 13.9 Å². The van der Waals surface area contributed by atoms with Gasteiger partial charge < -0.3 is 19.0 Å². The second-order valence-electron chi connectivity index (χ2n) is 6.24. The van der Waals surface area contributed by atoms with Crippen LogP contribution in [0.25, 0.3) is 11.0 Å². The topological polar surface area (TPSA) is 86.4 Å². The van der Waals surface area contributed by atoms with Gasteiger partial charge in [0.25, 0.3) is 5.91 Å². The zero-order valence-electron chi connectivity index (χ0n) is 15.5. The van der Waals surface area contributed by atoms with Crippen molar-refractivity contribution in [2.75, 3.05) is 11.9 Å². The van der Waals surface area contributed by atoms with E-state index in [1.165, 1.54) is 6.07 Å². The fourth-order valence-electron chi connectivity index (χ4n) is 2.64. The Morgan fingerprint density at radius 1 is 1.17 bits per heavy atom. The van der Waals surface area contributed by atoms with E-state index in [9.17, 15) is 9.59 Å². The second-order valence-corrected chi connectivity index (χ2v) is 7.28. The molecule has 0 aliphatic heterocycles. The quantitative estimate of drug-likeness (QED) is 0.491. The van der Waals surface area contributed by atoms with Crippen LogP contribution in [-0.2, 0) is 11.8 Å². The van der Waals surface area contributed by atoms with Crippen molar-refractivity contribution in [2.45, 2.75) is 10.1 Å². The molecule has 1 amide bonds. The highest BCUT2D eigenvalue weighted by atomic mass is 32.2. The van der Waals surface area contributed by atoms with Crippen LogP contribution in [0.1, 0.15) is 0 Å². The highest BCUT2D eigenvalue weighted by Gasteiger charge is 2.07. The fourth-order valence-corrected chi connectivity index (χ4v) is 3.44. The van der Waals surface area contributed by atoms with Crippen LogP contribution >= 0.6 is 11.8 Å². The molecule has 2 aromatic heterocycles. The number of rotatable bonds is 6. The minimum Gasteiger partial charge on any atom is -0.484 e. The summed E-state index contributed by atoms with van der Waals surface area (Å²) in [5, 5.41) is 4.46. The first-order valence-corrected chi connectivity index (χ1v) is 9.60. The summed E-state index contributed by atoms with van der Waals surface area (Å²) in [5.74, 6) is 0.160. The zero-order valence-corrected chi connectivity index (χ0v) is 16.3. The van der Waals surface area contributed by atoms with E-state index in [-0.39, 0.29) is 12.5 Å². The second kappa shape index (κ2) is 8.24. The van der Waals surface area contributed by atoms with Gasteiger partial charge in [0.05, 0.1) is 0 Å². The van der Waals surface area contributed by atoms with Gasteiger partial charge in [-0.05, 0) is 42.5 Å². The van der Waals surface area contributed by atoms with Crippen molar-refractivity contribution in [2.24, 2.45) is 7.05 Å². The number of carbonyl (C=O) groups is 1. The number of nitrogens with one attached hydrogen (secondary N) is 1. The van der Waals surface area contributed by atoms with Crippen LogP contribution in [0.3, 0.4) is 0 Å². The van der Waals surface area contributed by atoms with E-state index in [0.717, 1.165) is 15.4 Å². The maximum absolute atomic E-state index is 12.2. The lowest BCUT2D eigenvalue weighted by Gasteiger charge is -2.09. The molecule has 0 saturated heterocycles. The van der Waals surface area contributed by atoms with E-state index in [0.29, 0.717) is 17.0 Å². The molecule has 0 radical (unpaired) electrons. The maximum Gasteiger partial charge on any atom is 0.336 e. The average molecular weight is 407 g/mol. The van der Waals surface area contributed by atoms with Crippen LogP contribution in [-0.4, -0.2) is 22.1 Å². The molecule has 146 valence electrons. The molecule has 0 spiro atoms. The molecule has 4 aromatic rings. The summed E-state index contributed by atoms with van der Waals surface area (Å²) in [6.07, 6.45) is 3.64. The number of hydrogen-bond acceptors (Lipinski definition) is 6. The van der Waals surface area contributed by atoms with Crippen LogP contribution in [0.4, 0.5) is 5.69 Å². The predicted octanol–water partition coefficient (Wildman–Crippen LogP) is 3.70. The Labute approximate surface area is 170 Å². The molecule has 4 rings (SSSR count). The molecule has 1 N–H and O–H groups in total. The van der Waals surface area contributed by atoms with Gasteiger partial charge >= 0.3 is 5.63 Å². The highest BCUT2D eigenvalue weighted by Crippen LogP contribution is 2.26. The minimum absolute atomic E-state index is 0.160. The van der Waals surface area contributed by atoms with Gasteiger partial charge in [-0.1, -0.05) is 11.8 Å². The Hall–Kier alpha value is -3.52. The lowest BCUT2D eigenvalue weighted by atomic mass is 10.2. The molecule has 0 saturated carbocycles. The van der Waals surface area contributed by atoms with Gasteiger partial charge in [-0.2, -0.15) is 0 Å². The van der Waals surface area contributed by atoms with Crippen molar-refractivity contribution >= 4 is 34.3 Å². The van der Waals surface area contributed by atoms with Gasteiger partial charge in [-0.3, -0.25) is 4.79 Å². The molecule has 0 bridgehead atoms. The number of anilines is 1. The van der Waals surface area contributed by atoms with Crippen molar-refractivity contribution in [1.29, 1.82) is 0 Å². The molecule has 7 nitrogen and oxygen atoms in total. The number of ether oxygens (including phenoxy) is 1. The third-order valence-corrected chi connectivity index (χ3v) is 5.17. The Morgan fingerprint density at radius 3 is 2.72 bits per heavy atom. The van der Waals surface area contributed by atoms with Crippen molar-refractivity contribution in [3.05, 3.63) is 77.4 Å². The molecule has 0 unspecified atom stereocenters. The van der Waals surface area contributed by atoms with E-state index >= 15 is 0 Å². The molecule has 0 fully saturated rings. The fraction of sp³-hybridized carbons (Fsp3) is 0.0952. The zero-order chi connectivity index (χ0) is 20.2. The molecular weight excluding hydrogens is 390 g/mol. The molecule has 0 aliphatic rings. The van der Waals surface area contributed by atoms with Gasteiger partial charge in [-0.25, -0.2) is 9.78 Å². The molecule has 29 heavy (non-hydrogen) atoms. The summed E-state index contributed by atoms with van der Waals surface area (Å²) < 4.78 is 12.6. The molecule has 0 aliphatic carbocycles. The summed E-state index contributed by atoms with van der Waals surface area (Å²) in [5.41, 5.74) is 0.653. The van der Waals surface area contributed by atoms with Gasteiger partial charge in [0.1, 0.15) is 11.3 Å². The number of carbonyl (C=O) groups excluding carboxylic acids is 1. The number of amides is 1. The summed E-state index contributed by atoms with van der Waals surface area (Å²) in [6.45, 7) is -0.160. The number of aromatic nitrogens is 2. The van der Waals surface area contributed by atoms with E-state index in [4.69, 9.17) is 9.15 Å². The largest absolute Gasteiger partial charge is 0.484 e. The molecule has 2 heterocycles. The van der Waals surface area contributed by atoms with Gasteiger partial charge in [0.2, 0.25) is 0 Å². The normalized spacial score (nSPS) is 10.8. The SMILES string of the molecule is Cn1ccnc1Sc1ccc(NC(=O)COc2ccc3ccc(=O)oc3c2)cc1. The maximum atomic E-state index is 12.2. The van der Waals surface area contributed by atoms with Crippen molar-refractivity contribution in [1.82, 2.24) is 9.55 Å². The van der Waals surface area contributed by atoms with Crippen LogP contribution in [0.15, 0.2) is 86.3 Å². The van der Waals surface area contributed by atoms with Crippen molar-refractivity contribution in [3.8, 4) is 5.75 Å². The molecule has 2 aromatic carbocycles. The van der Waals surface area contributed by atoms with E-state index in [1.807, 2.05) is 42.1 Å². The van der Waals surface area contributed by atoms with Crippen LogP contribution in [0.5, 0.6) is 5.75 Å². The first kappa shape index (κ1) is 18.8. The predicted molar refractivity (Wildman–Crippen MR) is 110 cm³/mol. The van der Waals surface area contributed by atoms with Crippen LogP contribution in [0.2, 0.25) is 0 Å². The monoisotopic (exact) mass is 407 g/mol. The number of fused-ring (bicyclic) bond motifs is 1. The van der Waals surface area contributed by atoms with Gasteiger partial charge in [-0.15, -0.1) is 0 Å². The Balaban J connectivity index is 1.33. The van der Waals surface area contributed by atoms with E-state index in [2.05, 4.69) is 10.3 Å². The molecule has 0 atom stereocenters. The minimum atomic E-state index is -0.433. The standard InChI is InChI=1S/C21H17N3O4S/c1-24-11-10-22-21(24)29-17-7-4-15(5-8-17)23-19(25)13-27-16-6-2-14-3-9-20(26)28-18(14)12-16/h2-12H,13H2,1H3,(H,23,25). The summed E-state index contributed by atoms with van der Waals surface area (Å²) in [7, 11) is 1.94. The number of hydrogen-bond donors (Lipinski definition) is 1. The average Bonchev–Trinajstić information content (AvgIpc) is 3.12. The Bertz CT molecular complexity index is 1210. The lowest BCUT2D eigenvalue weighted by molar-refractivity contribution is -0.118. The highest BCUT2D eigenvalue weighted by molar-refractivity contribution is 7.99. The van der Waals surface area contributed by atoms with E-state index < -0.39 is 5.63 Å². The van der Waals surface area contributed by atoms with Crippen LogP contribution in [0, 0.1) is 0 Å². The Kier molecular flexibility index (Phi) is 5.35. The number of imidazole rings is 1. The van der Waals surface area contributed by atoms with Gasteiger partial charge in [0.15, 0.2) is 11.8 Å². The lowest BCUT2D eigenvalue weighted by Crippen LogP contribution is -2.20. The summed E-state index contributed by atoms with van der Waals surface area (Å²) >= 11 is 1.54. The van der Waals surface area contributed by atoms with E-state index in [1.54, 1.807) is 42.2 Å². The first-order valence-electron chi connectivity index (χ1n) is 8.79. The third kappa shape index (κ3) is 4.67. The summed E-state index contributed by atoms with van der Waals surface area (Å²) in [6, 6.07) is 15.6. The number of aryl methyl sites for hydroxylation is 1. The van der Waals surface area contributed by atoms with Gasteiger partial charge in [0, 0.05) is 47.5 Å². The summed E-state index contributed by atoms with van der Waals surface area (Å²) in [4.78, 5) is 28.8.